The van der Waals surface area contributed by atoms with Crippen LogP contribution < -0.4 is 5.73 Å². The van der Waals surface area contributed by atoms with Crippen LogP contribution in [0.4, 0.5) is 5.82 Å². The normalized spacial score (nSPS) is 11.7. The summed E-state index contributed by atoms with van der Waals surface area (Å²) in [5, 5.41) is 9.88. The lowest BCUT2D eigenvalue weighted by atomic mass is 10.2. The Morgan fingerprint density at radius 1 is 1.25 bits per heavy atom. The highest BCUT2D eigenvalue weighted by Crippen LogP contribution is 2.27. The number of hydrogen-bond acceptors (Lipinski definition) is 6. The molecule has 110 valence electrons. The maximum atomic E-state index is 9.08. The summed E-state index contributed by atoms with van der Waals surface area (Å²) in [7, 11) is 0. The van der Waals surface area contributed by atoms with Crippen molar-refractivity contribution in [3.05, 3.63) is 17.1 Å². The molecular formula is C14H22N4O2. The van der Waals surface area contributed by atoms with Crippen LogP contribution in [0.1, 0.15) is 30.5 Å². The van der Waals surface area contributed by atoms with Crippen LogP contribution in [0, 0.1) is 13.8 Å². The standard InChI is InChI=1S/C14H22N4O2/c1-4-5-18(6-7-19)8-11-16-13(15)12-9(2)10(3)20-14(12)17-11/h19H,4-8H2,1-3H3,(H2,15,16,17). The summed E-state index contributed by atoms with van der Waals surface area (Å²) in [4.78, 5) is 10.9. The molecule has 6 heteroatoms. The van der Waals surface area contributed by atoms with Crippen molar-refractivity contribution >= 4 is 16.9 Å². The number of aliphatic hydroxyl groups is 1. The Morgan fingerprint density at radius 3 is 2.65 bits per heavy atom. The van der Waals surface area contributed by atoms with Crippen LogP contribution in [0.25, 0.3) is 11.1 Å². The molecule has 2 aromatic rings. The van der Waals surface area contributed by atoms with E-state index in [1.54, 1.807) is 0 Å². The van der Waals surface area contributed by atoms with E-state index in [-0.39, 0.29) is 6.61 Å². The number of nitrogens with zero attached hydrogens (tertiary/aromatic N) is 3. The minimum Gasteiger partial charge on any atom is -0.443 e. The third kappa shape index (κ3) is 2.91. The number of aromatic nitrogens is 2. The van der Waals surface area contributed by atoms with Crippen molar-refractivity contribution in [3.8, 4) is 0 Å². The smallest absolute Gasteiger partial charge is 0.231 e. The molecule has 0 radical (unpaired) electrons. The molecule has 0 aromatic carbocycles. The van der Waals surface area contributed by atoms with Gasteiger partial charge < -0.3 is 15.3 Å². The number of furan rings is 1. The van der Waals surface area contributed by atoms with Gasteiger partial charge in [0.05, 0.1) is 18.5 Å². The molecule has 2 rings (SSSR count). The highest BCUT2D eigenvalue weighted by Gasteiger charge is 2.15. The Hall–Kier alpha value is -1.66. The lowest BCUT2D eigenvalue weighted by Crippen LogP contribution is -2.28. The topological polar surface area (TPSA) is 88.4 Å². The first kappa shape index (κ1) is 14.7. The molecule has 0 spiro atoms. The largest absolute Gasteiger partial charge is 0.443 e. The second kappa shape index (κ2) is 6.19. The molecule has 0 saturated carbocycles. The fraction of sp³-hybridized carbons (Fsp3) is 0.571. The summed E-state index contributed by atoms with van der Waals surface area (Å²) < 4.78 is 5.62. The van der Waals surface area contributed by atoms with Crippen LogP contribution in [-0.4, -0.2) is 39.7 Å². The highest BCUT2D eigenvalue weighted by molar-refractivity contribution is 5.88. The molecule has 0 aliphatic rings. The van der Waals surface area contributed by atoms with E-state index in [0.29, 0.717) is 30.4 Å². The SMILES string of the molecule is CCCN(CCO)Cc1nc(N)c2c(C)c(C)oc2n1. The zero-order chi connectivity index (χ0) is 14.7. The van der Waals surface area contributed by atoms with Crippen LogP contribution in [0.2, 0.25) is 0 Å². The summed E-state index contributed by atoms with van der Waals surface area (Å²) in [5.41, 5.74) is 7.55. The highest BCUT2D eigenvalue weighted by atomic mass is 16.3. The van der Waals surface area contributed by atoms with Crippen molar-refractivity contribution < 1.29 is 9.52 Å². The van der Waals surface area contributed by atoms with Crippen LogP contribution in [-0.2, 0) is 6.54 Å². The van der Waals surface area contributed by atoms with Gasteiger partial charge in [0, 0.05) is 12.1 Å². The molecule has 0 bridgehead atoms. The number of anilines is 1. The van der Waals surface area contributed by atoms with Gasteiger partial charge in [-0.3, -0.25) is 4.90 Å². The summed E-state index contributed by atoms with van der Waals surface area (Å²) in [6.07, 6.45) is 1.01. The molecular weight excluding hydrogens is 256 g/mol. The van der Waals surface area contributed by atoms with E-state index in [0.717, 1.165) is 29.7 Å². The molecule has 20 heavy (non-hydrogen) atoms. The monoisotopic (exact) mass is 278 g/mol. The number of rotatable bonds is 6. The lowest BCUT2D eigenvalue weighted by molar-refractivity contribution is 0.187. The van der Waals surface area contributed by atoms with Gasteiger partial charge >= 0.3 is 0 Å². The predicted molar refractivity (Wildman–Crippen MR) is 78.3 cm³/mol. The number of nitrogens with two attached hydrogens (primary N) is 1. The van der Waals surface area contributed by atoms with Crippen LogP contribution >= 0.6 is 0 Å². The van der Waals surface area contributed by atoms with E-state index in [4.69, 9.17) is 15.3 Å². The van der Waals surface area contributed by atoms with Crippen molar-refractivity contribution in [1.29, 1.82) is 0 Å². The van der Waals surface area contributed by atoms with E-state index in [2.05, 4.69) is 21.8 Å². The van der Waals surface area contributed by atoms with E-state index in [9.17, 15) is 0 Å². The van der Waals surface area contributed by atoms with Gasteiger partial charge in [0.15, 0.2) is 0 Å². The van der Waals surface area contributed by atoms with Gasteiger partial charge in [0.25, 0.3) is 0 Å². The minimum absolute atomic E-state index is 0.122. The molecule has 0 aliphatic heterocycles. The molecule has 0 saturated heterocycles. The van der Waals surface area contributed by atoms with Crippen LogP contribution in [0.3, 0.4) is 0 Å². The maximum Gasteiger partial charge on any atom is 0.231 e. The number of nitrogen functional groups attached to an aromatic ring is 1. The summed E-state index contributed by atoms with van der Waals surface area (Å²) >= 11 is 0. The lowest BCUT2D eigenvalue weighted by Gasteiger charge is -2.19. The first-order chi connectivity index (χ1) is 9.56. The van der Waals surface area contributed by atoms with E-state index >= 15 is 0 Å². The molecule has 2 heterocycles. The number of aliphatic hydroxyl groups excluding tert-OH is 1. The van der Waals surface area contributed by atoms with E-state index in [1.165, 1.54) is 0 Å². The molecule has 0 atom stereocenters. The quantitative estimate of drug-likeness (QED) is 0.835. The maximum absolute atomic E-state index is 9.08. The second-order valence-corrected chi connectivity index (χ2v) is 4.99. The van der Waals surface area contributed by atoms with Gasteiger partial charge in [-0.1, -0.05) is 6.92 Å². The number of aryl methyl sites for hydroxylation is 2. The van der Waals surface area contributed by atoms with E-state index < -0.39 is 0 Å². The summed E-state index contributed by atoms with van der Waals surface area (Å²) in [6, 6.07) is 0. The molecule has 0 aliphatic carbocycles. The Labute approximate surface area is 118 Å². The summed E-state index contributed by atoms with van der Waals surface area (Å²) in [6.45, 7) is 8.12. The van der Waals surface area contributed by atoms with Crippen LogP contribution in [0.15, 0.2) is 4.42 Å². The zero-order valence-electron chi connectivity index (χ0n) is 12.3. The van der Waals surface area contributed by atoms with Crippen molar-refractivity contribution in [3.63, 3.8) is 0 Å². The average molecular weight is 278 g/mol. The molecule has 0 unspecified atom stereocenters. The van der Waals surface area contributed by atoms with Gasteiger partial charge in [-0.2, -0.15) is 4.98 Å². The zero-order valence-corrected chi connectivity index (χ0v) is 12.3. The molecule has 0 amide bonds. The second-order valence-electron chi connectivity index (χ2n) is 4.99. The van der Waals surface area contributed by atoms with Gasteiger partial charge in [0.1, 0.15) is 17.4 Å². The summed E-state index contributed by atoms with van der Waals surface area (Å²) in [5.74, 6) is 1.91. The first-order valence-corrected chi connectivity index (χ1v) is 6.92. The fourth-order valence-corrected chi connectivity index (χ4v) is 2.32. The van der Waals surface area contributed by atoms with Crippen LogP contribution in [0.5, 0.6) is 0 Å². The molecule has 2 aromatic heterocycles. The third-order valence-corrected chi connectivity index (χ3v) is 3.42. The van der Waals surface area contributed by atoms with Crippen molar-refractivity contribution in [2.24, 2.45) is 0 Å². The molecule has 0 fully saturated rings. The van der Waals surface area contributed by atoms with Gasteiger partial charge in [-0.05, 0) is 26.8 Å². The van der Waals surface area contributed by atoms with Crippen molar-refractivity contribution in [2.45, 2.75) is 33.7 Å². The number of fused-ring (bicyclic) bond motifs is 1. The van der Waals surface area contributed by atoms with Gasteiger partial charge in [-0.25, -0.2) is 4.98 Å². The number of hydrogen-bond donors (Lipinski definition) is 2. The Morgan fingerprint density at radius 2 is 2.00 bits per heavy atom. The third-order valence-electron chi connectivity index (χ3n) is 3.42. The van der Waals surface area contributed by atoms with Gasteiger partial charge in [-0.15, -0.1) is 0 Å². The van der Waals surface area contributed by atoms with Gasteiger partial charge in [0.2, 0.25) is 5.71 Å². The van der Waals surface area contributed by atoms with Crippen molar-refractivity contribution in [1.82, 2.24) is 14.9 Å². The molecule has 6 nitrogen and oxygen atoms in total. The Bertz CT molecular complexity index is 588. The Balaban J connectivity index is 2.31. The van der Waals surface area contributed by atoms with E-state index in [1.807, 2.05) is 13.8 Å². The molecule has 3 N–H and O–H groups in total. The fourth-order valence-electron chi connectivity index (χ4n) is 2.32. The predicted octanol–water partition coefficient (Wildman–Crippen LogP) is 1.63. The Kier molecular flexibility index (Phi) is 4.57. The minimum atomic E-state index is 0.122. The van der Waals surface area contributed by atoms with Crippen molar-refractivity contribution in [2.75, 3.05) is 25.4 Å². The first-order valence-electron chi connectivity index (χ1n) is 6.92. The average Bonchev–Trinajstić information content (AvgIpc) is 2.66.